The second kappa shape index (κ2) is 8.65. The highest BCUT2D eigenvalue weighted by Crippen LogP contribution is 2.67. The first-order valence-corrected chi connectivity index (χ1v) is 17.0. The van der Waals surface area contributed by atoms with E-state index in [1.54, 1.807) is 5.56 Å². The minimum absolute atomic E-state index is 0.0229. The molecule has 0 amide bonds. The fraction of sp³-hybridized carbons (Fsp3) is 0.833. The van der Waals surface area contributed by atoms with Crippen LogP contribution in [0.4, 0.5) is 0 Å². The second-order valence-electron chi connectivity index (χ2n) is 17.2. The third-order valence-electron chi connectivity index (χ3n) is 12.8. The van der Waals surface area contributed by atoms with E-state index in [-0.39, 0.29) is 28.5 Å². The molecule has 11 rings (SSSR count). The highest BCUT2D eigenvalue weighted by Gasteiger charge is 2.57. The average Bonchev–Trinajstić information content (AvgIpc) is 3.79. The van der Waals surface area contributed by atoms with Gasteiger partial charge >= 0.3 is 0 Å². The lowest BCUT2D eigenvalue weighted by Crippen LogP contribution is -2.50. The molecule has 10 aliphatic rings. The minimum atomic E-state index is -0.0229. The molecule has 1 aromatic rings. The van der Waals surface area contributed by atoms with E-state index in [9.17, 15) is 0 Å². The molecule has 40 heavy (non-hydrogen) atoms. The predicted octanol–water partition coefficient (Wildman–Crippen LogP) is 7.47. The van der Waals surface area contributed by atoms with Gasteiger partial charge in [-0.2, -0.15) is 0 Å². The molecule has 0 aromatic heterocycles. The van der Waals surface area contributed by atoms with Crippen LogP contribution in [0, 0.1) is 35.5 Å². The van der Waals surface area contributed by atoms with E-state index in [2.05, 4.69) is 26.8 Å². The zero-order chi connectivity index (χ0) is 26.9. The van der Waals surface area contributed by atoms with Gasteiger partial charge in [0.2, 0.25) is 0 Å². The van der Waals surface area contributed by atoms with Gasteiger partial charge in [-0.25, -0.2) is 0 Å². The summed E-state index contributed by atoms with van der Waals surface area (Å²) in [4.78, 5) is 0. The molecule has 4 nitrogen and oxygen atoms in total. The van der Waals surface area contributed by atoms with Gasteiger partial charge in [0.15, 0.2) is 0 Å². The monoisotopic (exact) mass is 546 g/mol. The van der Waals surface area contributed by atoms with E-state index in [0.29, 0.717) is 13.2 Å². The number of hydrogen-bond acceptors (Lipinski definition) is 4. The standard InChI is InChI=1S/C36H50O4/c1-34(2,3)32-31(36-14-24-7-25(15-36)9-26(8-24)16-36)30(39-19-27-17-37-27)10-29(33(32)40-20-28-18-38-28)35-11-21-4-22(12-35)6-23(5-21)13-35/h10,21-28H,4-9,11-20H2,1-3H3. The number of ether oxygens (including phenoxy) is 4. The third-order valence-corrected chi connectivity index (χ3v) is 12.8. The van der Waals surface area contributed by atoms with E-state index < -0.39 is 0 Å². The van der Waals surface area contributed by atoms with Crippen molar-refractivity contribution in [3.05, 3.63) is 22.8 Å². The van der Waals surface area contributed by atoms with Crippen LogP contribution in [-0.2, 0) is 25.7 Å². The summed E-state index contributed by atoms with van der Waals surface area (Å²) in [6.45, 7) is 10.4. The molecule has 2 aliphatic heterocycles. The fourth-order valence-electron chi connectivity index (χ4n) is 12.1. The maximum Gasteiger partial charge on any atom is 0.127 e. The molecule has 8 bridgehead atoms. The molecule has 2 atom stereocenters. The van der Waals surface area contributed by atoms with Crippen molar-refractivity contribution in [2.24, 2.45) is 35.5 Å². The molecule has 2 heterocycles. The van der Waals surface area contributed by atoms with Gasteiger partial charge in [0.1, 0.15) is 36.9 Å². The molecular weight excluding hydrogens is 496 g/mol. The van der Waals surface area contributed by atoms with Crippen LogP contribution >= 0.6 is 0 Å². The molecule has 4 heteroatoms. The van der Waals surface area contributed by atoms with Crippen molar-refractivity contribution in [2.75, 3.05) is 26.4 Å². The van der Waals surface area contributed by atoms with E-state index in [1.807, 2.05) is 0 Å². The van der Waals surface area contributed by atoms with Gasteiger partial charge in [0.25, 0.3) is 0 Å². The Bertz CT molecular complexity index is 1110. The summed E-state index contributed by atoms with van der Waals surface area (Å²) in [6.07, 6.45) is 17.4. The zero-order valence-electron chi connectivity index (χ0n) is 25.1. The Balaban J connectivity index is 1.26. The van der Waals surface area contributed by atoms with Gasteiger partial charge in [-0.1, -0.05) is 20.8 Å². The normalized spacial score (nSPS) is 45.7. The SMILES string of the molecule is CC(C)(C)c1c(OCC2CO2)c(C23CC4CC(CC(C4)C2)C3)cc(OCC2CO2)c1C12CC3CC(CC(C3)C1)C2. The molecule has 218 valence electrons. The van der Waals surface area contributed by atoms with Crippen molar-refractivity contribution in [1.29, 1.82) is 0 Å². The molecule has 0 N–H and O–H groups in total. The van der Waals surface area contributed by atoms with Crippen LogP contribution in [0.2, 0.25) is 0 Å². The minimum Gasteiger partial charge on any atom is -0.490 e. The summed E-state index contributed by atoms with van der Waals surface area (Å²) in [7, 11) is 0. The Morgan fingerprint density at radius 2 is 1.10 bits per heavy atom. The third kappa shape index (κ3) is 4.12. The summed E-state index contributed by atoms with van der Waals surface area (Å²) < 4.78 is 25.5. The Hall–Kier alpha value is -1.26. The second-order valence-corrected chi connectivity index (χ2v) is 17.2. The van der Waals surface area contributed by atoms with Crippen molar-refractivity contribution in [3.8, 4) is 11.5 Å². The van der Waals surface area contributed by atoms with Gasteiger partial charge in [-0.3, -0.25) is 0 Å². The van der Waals surface area contributed by atoms with Crippen LogP contribution in [0.15, 0.2) is 6.07 Å². The molecule has 8 saturated carbocycles. The van der Waals surface area contributed by atoms with Gasteiger partial charge in [0, 0.05) is 22.1 Å². The van der Waals surface area contributed by atoms with Crippen LogP contribution in [0.3, 0.4) is 0 Å². The van der Waals surface area contributed by atoms with E-state index in [4.69, 9.17) is 18.9 Å². The predicted molar refractivity (Wildman–Crippen MR) is 155 cm³/mol. The van der Waals surface area contributed by atoms with Crippen LogP contribution in [-0.4, -0.2) is 38.6 Å². The largest absolute Gasteiger partial charge is 0.490 e. The smallest absolute Gasteiger partial charge is 0.127 e. The molecule has 10 fully saturated rings. The maximum absolute atomic E-state index is 7.10. The molecule has 0 radical (unpaired) electrons. The topological polar surface area (TPSA) is 43.5 Å². The molecule has 8 aliphatic carbocycles. The van der Waals surface area contributed by atoms with Crippen molar-refractivity contribution in [2.45, 2.75) is 126 Å². The zero-order valence-corrected chi connectivity index (χ0v) is 25.1. The average molecular weight is 547 g/mol. The maximum atomic E-state index is 7.10. The molecule has 2 unspecified atom stereocenters. The number of hydrogen-bond donors (Lipinski definition) is 0. The van der Waals surface area contributed by atoms with Crippen LogP contribution in [0.1, 0.15) is 115 Å². The van der Waals surface area contributed by atoms with E-state index >= 15 is 0 Å². The summed E-state index contributed by atoms with van der Waals surface area (Å²) in [5.41, 5.74) is 5.03. The van der Waals surface area contributed by atoms with Crippen molar-refractivity contribution in [1.82, 2.24) is 0 Å². The van der Waals surface area contributed by atoms with Gasteiger partial charge in [-0.05, 0) is 129 Å². The number of rotatable bonds is 8. The Morgan fingerprint density at radius 3 is 1.52 bits per heavy atom. The van der Waals surface area contributed by atoms with Gasteiger partial charge in [0.05, 0.1) is 13.2 Å². The van der Waals surface area contributed by atoms with Crippen LogP contribution in [0.5, 0.6) is 11.5 Å². The van der Waals surface area contributed by atoms with Crippen molar-refractivity contribution < 1.29 is 18.9 Å². The highest BCUT2D eigenvalue weighted by molar-refractivity contribution is 5.62. The van der Waals surface area contributed by atoms with Crippen LogP contribution < -0.4 is 9.47 Å². The Kier molecular flexibility index (Phi) is 5.46. The van der Waals surface area contributed by atoms with Crippen LogP contribution in [0.25, 0.3) is 0 Å². The van der Waals surface area contributed by atoms with E-state index in [0.717, 1.165) is 48.7 Å². The highest BCUT2D eigenvalue weighted by atomic mass is 16.6. The molecule has 2 saturated heterocycles. The lowest BCUT2D eigenvalue weighted by Gasteiger charge is -2.59. The van der Waals surface area contributed by atoms with E-state index in [1.165, 1.54) is 99.7 Å². The quantitative estimate of drug-likeness (QED) is 0.317. The first-order valence-electron chi connectivity index (χ1n) is 17.0. The number of epoxide rings is 2. The lowest BCUT2D eigenvalue weighted by atomic mass is 9.46. The molecule has 0 spiro atoms. The Labute approximate surface area is 241 Å². The van der Waals surface area contributed by atoms with Gasteiger partial charge in [-0.15, -0.1) is 0 Å². The molecular formula is C36H50O4. The van der Waals surface area contributed by atoms with Gasteiger partial charge < -0.3 is 18.9 Å². The van der Waals surface area contributed by atoms with Crippen molar-refractivity contribution in [3.63, 3.8) is 0 Å². The summed E-state index contributed by atoms with van der Waals surface area (Å²) in [6, 6.07) is 2.57. The summed E-state index contributed by atoms with van der Waals surface area (Å²) in [5, 5.41) is 0. The molecule has 1 aromatic carbocycles. The Morgan fingerprint density at radius 1 is 0.675 bits per heavy atom. The fourth-order valence-corrected chi connectivity index (χ4v) is 12.1. The van der Waals surface area contributed by atoms with Crippen molar-refractivity contribution >= 4 is 0 Å². The summed E-state index contributed by atoms with van der Waals surface area (Å²) >= 11 is 0. The summed E-state index contributed by atoms with van der Waals surface area (Å²) in [5.74, 6) is 7.85. The lowest BCUT2D eigenvalue weighted by molar-refractivity contribution is -0.00978. The first-order chi connectivity index (χ1) is 19.3. The first kappa shape index (κ1) is 25.3. The number of benzene rings is 1.